The topological polar surface area (TPSA) is 157 Å². The molecule has 2 N–H and O–H groups in total. The Labute approximate surface area is 224 Å². The van der Waals surface area contributed by atoms with Crippen molar-refractivity contribution in [2.24, 2.45) is 0 Å². The Morgan fingerprint density at radius 2 is 1.92 bits per heavy atom. The Morgan fingerprint density at radius 3 is 2.55 bits per heavy atom. The van der Waals surface area contributed by atoms with Crippen LogP contribution in [0.15, 0.2) is 21.9 Å². The molecule has 0 bridgehead atoms. The summed E-state index contributed by atoms with van der Waals surface area (Å²) in [6.45, 7) is 8.44. The maximum absolute atomic E-state index is 13.2. The van der Waals surface area contributed by atoms with Crippen LogP contribution in [0.4, 0.5) is 4.79 Å². The number of hydrogen-bond acceptors (Lipinski definition) is 11. The zero-order valence-corrected chi connectivity index (χ0v) is 23.3. The van der Waals surface area contributed by atoms with Gasteiger partial charge in [-0.1, -0.05) is 0 Å². The molecule has 3 rings (SSSR count). The quantitative estimate of drug-likeness (QED) is 0.306. The largest absolute Gasteiger partial charge is 0.467 e. The molecule has 13 nitrogen and oxygen atoms in total. The summed E-state index contributed by atoms with van der Waals surface area (Å²) in [5.41, 5.74) is -1.76. The molecule has 1 aromatic rings. The number of hydrogen-bond donors (Lipinski definition) is 2. The number of nitrogens with one attached hydrogen (secondary N) is 1. The first-order chi connectivity index (χ1) is 17.8. The third-order valence-electron chi connectivity index (χ3n) is 5.81. The molecule has 0 radical (unpaired) electrons. The smallest absolute Gasteiger partial charge is 0.408 e. The highest BCUT2D eigenvalue weighted by Crippen LogP contribution is 2.42. The van der Waals surface area contributed by atoms with Crippen LogP contribution in [0.1, 0.15) is 47.3 Å². The molecular formula is C24H37N3O10S. The zero-order valence-electron chi connectivity index (χ0n) is 22.5. The summed E-state index contributed by atoms with van der Waals surface area (Å²) in [4.78, 5) is 49.8. The normalized spacial score (nSPS) is 25.0. The number of aliphatic hydroxyl groups excluding tert-OH is 1. The minimum atomic E-state index is -0.915. The van der Waals surface area contributed by atoms with Gasteiger partial charge in [0.05, 0.1) is 13.7 Å². The molecule has 1 aromatic heterocycles. The summed E-state index contributed by atoms with van der Waals surface area (Å²) < 4.78 is 30.0. The first-order valence-electron chi connectivity index (χ1n) is 12.4. The molecular weight excluding hydrogens is 522 g/mol. The fraction of sp³-hybridized carbons (Fsp3) is 0.750. The zero-order chi connectivity index (χ0) is 28.3. The van der Waals surface area contributed by atoms with Crippen molar-refractivity contribution in [2.45, 2.75) is 89.6 Å². The van der Waals surface area contributed by atoms with Gasteiger partial charge in [-0.25, -0.2) is 14.4 Å². The van der Waals surface area contributed by atoms with E-state index in [1.165, 1.54) is 35.7 Å². The molecule has 2 fully saturated rings. The third kappa shape index (κ3) is 7.38. The molecule has 0 aliphatic carbocycles. The van der Waals surface area contributed by atoms with Crippen molar-refractivity contribution in [1.29, 1.82) is 0 Å². The maximum atomic E-state index is 13.2. The van der Waals surface area contributed by atoms with Crippen LogP contribution in [0.3, 0.4) is 0 Å². The van der Waals surface area contributed by atoms with Crippen molar-refractivity contribution in [2.75, 3.05) is 25.2 Å². The molecule has 214 valence electrons. The van der Waals surface area contributed by atoms with E-state index in [0.29, 0.717) is 12.2 Å². The van der Waals surface area contributed by atoms with Gasteiger partial charge < -0.3 is 34.1 Å². The fourth-order valence-electron chi connectivity index (χ4n) is 4.25. The van der Waals surface area contributed by atoms with Gasteiger partial charge in [0.25, 0.3) is 5.56 Å². The highest BCUT2D eigenvalue weighted by molar-refractivity contribution is 7.99. The molecule has 0 spiro atoms. The van der Waals surface area contributed by atoms with Gasteiger partial charge in [-0.15, -0.1) is 0 Å². The van der Waals surface area contributed by atoms with E-state index in [4.69, 9.17) is 23.7 Å². The number of aliphatic hydroxyl groups is 1. The van der Waals surface area contributed by atoms with Crippen molar-refractivity contribution >= 4 is 23.8 Å². The first kappa shape index (κ1) is 30.2. The van der Waals surface area contributed by atoms with E-state index in [0.717, 1.165) is 4.57 Å². The molecule has 2 aliphatic rings. The summed E-state index contributed by atoms with van der Waals surface area (Å²) >= 11 is 1.36. The summed E-state index contributed by atoms with van der Waals surface area (Å²) in [5, 5.41) is 12.2. The highest BCUT2D eigenvalue weighted by atomic mass is 32.2. The second kappa shape index (κ2) is 12.2. The first-order valence-corrected chi connectivity index (χ1v) is 13.5. The van der Waals surface area contributed by atoms with E-state index in [-0.39, 0.29) is 18.9 Å². The number of alkyl carbamates (subject to hydrolysis) is 1. The van der Waals surface area contributed by atoms with Gasteiger partial charge in [-0.2, -0.15) is 11.8 Å². The lowest BCUT2D eigenvalue weighted by molar-refractivity contribution is -0.200. The molecule has 0 saturated carbocycles. The monoisotopic (exact) mass is 559 g/mol. The molecule has 38 heavy (non-hydrogen) atoms. The van der Waals surface area contributed by atoms with Gasteiger partial charge >= 0.3 is 17.8 Å². The number of fused-ring (bicyclic) bond motifs is 1. The van der Waals surface area contributed by atoms with Crippen molar-refractivity contribution < 1.29 is 38.4 Å². The van der Waals surface area contributed by atoms with Gasteiger partial charge in [0, 0.05) is 24.6 Å². The molecule has 0 aromatic carbocycles. The van der Waals surface area contributed by atoms with Crippen molar-refractivity contribution in [3.05, 3.63) is 33.1 Å². The van der Waals surface area contributed by atoms with E-state index in [1.54, 1.807) is 34.6 Å². The van der Waals surface area contributed by atoms with Crippen LogP contribution in [0, 0.1) is 0 Å². The fourth-order valence-corrected chi connectivity index (χ4v) is 5.20. The highest BCUT2D eigenvalue weighted by Gasteiger charge is 2.55. The van der Waals surface area contributed by atoms with E-state index >= 15 is 0 Å². The number of amides is 1. The Hall–Kier alpha value is -2.39. The number of carbonyl (C=O) groups is 2. The predicted molar refractivity (Wildman–Crippen MR) is 137 cm³/mol. The Kier molecular flexibility index (Phi) is 9.68. The number of nitrogens with zero attached hydrogens (tertiary/aromatic N) is 2. The maximum Gasteiger partial charge on any atom is 0.408 e. The van der Waals surface area contributed by atoms with Gasteiger partial charge in [0.15, 0.2) is 12.0 Å². The van der Waals surface area contributed by atoms with Crippen molar-refractivity contribution in [1.82, 2.24) is 14.5 Å². The number of ether oxygens (including phenoxy) is 5. The average Bonchev–Trinajstić information content (AvgIpc) is 3.30. The summed E-state index contributed by atoms with van der Waals surface area (Å²) in [7, 11) is 1.23. The van der Waals surface area contributed by atoms with Gasteiger partial charge in [0.2, 0.25) is 0 Å². The minimum Gasteiger partial charge on any atom is -0.467 e. The summed E-state index contributed by atoms with van der Waals surface area (Å²) in [6.07, 6.45) is -1.66. The van der Waals surface area contributed by atoms with E-state index in [9.17, 15) is 24.3 Å². The van der Waals surface area contributed by atoms with Crippen LogP contribution in [-0.4, -0.2) is 87.3 Å². The standard InChI is InChI=1S/C24H37N3O10S/c1-23(2,3)37-21(31)25-14(20(30)33-6)13-38-11-7-9-26-16(29)8-10-27(22(26)32)19-18-17(15(12-28)34-19)35-24(4,5)36-18/h8,10,14-15,17-19,28H,7,9,11-13H2,1-6H3,(H,25,31)/t14-,15+,17+,18+,19?/m0/s1. The Bertz CT molecular complexity index is 1110. The number of aromatic nitrogens is 2. The van der Waals surface area contributed by atoms with Gasteiger partial charge in [0.1, 0.15) is 30.0 Å². The number of rotatable bonds is 10. The van der Waals surface area contributed by atoms with Crippen molar-refractivity contribution in [3.8, 4) is 0 Å². The van der Waals surface area contributed by atoms with Crippen LogP contribution in [0.2, 0.25) is 0 Å². The van der Waals surface area contributed by atoms with E-state index in [2.05, 4.69) is 5.32 Å². The van der Waals surface area contributed by atoms with Crippen LogP contribution in [-0.2, 0) is 35.0 Å². The SMILES string of the molecule is COC(=O)[C@H](CSCCCn1c(=O)ccn(C2O[C@H](CO)[C@H]3OC(C)(C)O[C@@H]23)c1=O)NC(=O)OC(C)(C)C. The molecule has 1 amide bonds. The summed E-state index contributed by atoms with van der Waals surface area (Å²) in [5.74, 6) is -0.801. The molecule has 2 saturated heterocycles. The lowest BCUT2D eigenvalue weighted by Crippen LogP contribution is -2.45. The van der Waals surface area contributed by atoms with Gasteiger partial charge in [-0.3, -0.25) is 13.9 Å². The second-order valence-electron chi connectivity index (χ2n) is 10.5. The Morgan fingerprint density at radius 1 is 1.24 bits per heavy atom. The van der Waals surface area contributed by atoms with Crippen LogP contribution in [0.25, 0.3) is 0 Å². The van der Waals surface area contributed by atoms with Crippen LogP contribution < -0.4 is 16.6 Å². The molecule has 3 heterocycles. The molecule has 14 heteroatoms. The number of methoxy groups -OCH3 is 1. The molecule has 1 unspecified atom stereocenters. The van der Waals surface area contributed by atoms with Crippen molar-refractivity contribution in [3.63, 3.8) is 0 Å². The second-order valence-corrected chi connectivity index (χ2v) is 11.6. The average molecular weight is 560 g/mol. The van der Waals surface area contributed by atoms with E-state index in [1.807, 2.05) is 0 Å². The predicted octanol–water partition coefficient (Wildman–Crippen LogP) is 0.609. The third-order valence-corrected chi connectivity index (χ3v) is 6.95. The minimum absolute atomic E-state index is 0.126. The number of esters is 1. The molecule has 2 aliphatic heterocycles. The van der Waals surface area contributed by atoms with E-state index < -0.39 is 65.3 Å². The van der Waals surface area contributed by atoms with Gasteiger partial charge in [-0.05, 0) is 46.8 Å². The van der Waals surface area contributed by atoms with Crippen LogP contribution >= 0.6 is 11.8 Å². The number of carbonyl (C=O) groups excluding carboxylic acids is 2. The lowest BCUT2D eigenvalue weighted by atomic mass is 10.1. The van der Waals surface area contributed by atoms with Crippen LogP contribution in [0.5, 0.6) is 0 Å². The number of thioether (sulfide) groups is 1. The summed E-state index contributed by atoms with van der Waals surface area (Å²) in [6, 6.07) is 0.361. The Balaban J connectivity index is 1.61. The lowest BCUT2D eigenvalue weighted by Gasteiger charge is -2.24. The molecule has 5 atom stereocenters.